The lowest BCUT2D eigenvalue weighted by molar-refractivity contribution is -0.119. The van der Waals surface area contributed by atoms with Gasteiger partial charge >= 0.3 is 6.03 Å². The standard InChI is InChI=1S/C21H22FN5O3S/c1-3-23-20(29)24-19(28)14(2)31-21-26-25-18(27(21)15-9-5-4-6-10-15)13-30-17-12-8-7-11-16(17)22/h4-12,14H,3,13H2,1-2H3,(H2,23,24,28,29)/t14-/m1/s1. The molecule has 0 saturated heterocycles. The third-order valence-corrected chi connectivity index (χ3v) is 5.18. The van der Waals surface area contributed by atoms with Crippen LogP contribution < -0.4 is 15.4 Å². The SMILES string of the molecule is CCNC(=O)NC(=O)[C@@H](C)Sc1nnc(COc2ccccc2F)n1-c1ccccc1. The summed E-state index contributed by atoms with van der Waals surface area (Å²) in [5.41, 5.74) is 0.762. The van der Waals surface area contributed by atoms with Crippen LogP contribution in [0.1, 0.15) is 19.7 Å². The molecule has 2 N–H and O–H groups in total. The molecule has 3 rings (SSSR count). The van der Waals surface area contributed by atoms with E-state index in [-0.39, 0.29) is 12.4 Å². The largest absolute Gasteiger partial charge is 0.483 e. The number of carbonyl (C=O) groups is 2. The molecule has 0 unspecified atom stereocenters. The zero-order valence-corrected chi connectivity index (χ0v) is 17.9. The lowest BCUT2D eigenvalue weighted by atomic mass is 10.3. The Kier molecular flexibility index (Phi) is 7.60. The average molecular weight is 444 g/mol. The van der Waals surface area contributed by atoms with Gasteiger partial charge in [0.05, 0.1) is 5.25 Å². The maximum Gasteiger partial charge on any atom is 0.321 e. The number of thioether (sulfide) groups is 1. The number of amides is 3. The molecule has 1 aromatic heterocycles. The van der Waals surface area contributed by atoms with Crippen molar-refractivity contribution in [2.45, 2.75) is 30.9 Å². The summed E-state index contributed by atoms with van der Waals surface area (Å²) in [5.74, 6) is -0.386. The van der Waals surface area contributed by atoms with Gasteiger partial charge in [-0.05, 0) is 38.1 Å². The number of carbonyl (C=O) groups excluding carboxylic acids is 2. The highest BCUT2D eigenvalue weighted by atomic mass is 32.2. The first-order valence-corrected chi connectivity index (χ1v) is 10.5. The Balaban J connectivity index is 1.81. The predicted octanol–water partition coefficient (Wildman–Crippen LogP) is 3.31. The van der Waals surface area contributed by atoms with Gasteiger partial charge in [0.15, 0.2) is 22.5 Å². The number of nitrogens with one attached hydrogen (secondary N) is 2. The van der Waals surface area contributed by atoms with Crippen LogP contribution in [0.25, 0.3) is 5.69 Å². The van der Waals surface area contributed by atoms with Crippen LogP contribution in [0, 0.1) is 5.82 Å². The minimum Gasteiger partial charge on any atom is -0.483 e. The number of halogens is 1. The molecular weight excluding hydrogens is 421 g/mol. The van der Waals surface area contributed by atoms with Gasteiger partial charge < -0.3 is 10.1 Å². The molecule has 162 valence electrons. The Morgan fingerprint density at radius 1 is 1.13 bits per heavy atom. The van der Waals surface area contributed by atoms with Crippen molar-refractivity contribution in [1.82, 2.24) is 25.4 Å². The lowest BCUT2D eigenvalue weighted by Crippen LogP contribution is -2.42. The van der Waals surface area contributed by atoms with Gasteiger partial charge in [-0.1, -0.05) is 42.1 Å². The molecule has 3 aromatic rings. The van der Waals surface area contributed by atoms with Crippen LogP contribution >= 0.6 is 11.8 Å². The predicted molar refractivity (Wildman–Crippen MR) is 115 cm³/mol. The molecule has 0 spiro atoms. The number of hydrogen-bond donors (Lipinski definition) is 2. The second-order valence-electron chi connectivity index (χ2n) is 6.40. The molecule has 2 aromatic carbocycles. The second kappa shape index (κ2) is 10.6. The summed E-state index contributed by atoms with van der Waals surface area (Å²) < 4.78 is 21.2. The number of aromatic nitrogens is 3. The summed E-state index contributed by atoms with van der Waals surface area (Å²) >= 11 is 1.15. The number of para-hydroxylation sites is 2. The molecule has 0 radical (unpaired) electrons. The molecule has 0 saturated carbocycles. The molecule has 31 heavy (non-hydrogen) atoms. The van der Waals surface area contributed by atoms with Crippen molar-refractivity contribution in [2.24, 2.45) is 0 Å². The van der Waals surface area contributed by atoms with E-state index in [1.807, 2.05) is 30.3 Å². The van der Waals surface area contributed by atoms with Gasteiger partial charge in [0.1, 0.15) is 6.61 Å². The Hall–Kier alpha value is -3.40. The van der Waals surface area contributed by atoms with Crippen molar-refractivity contribution >= 4 is 23.7 Å². The maximum atomic E-state index is 13.9. The number of urea groups is 1. The van der Waals surface area contributed by atoms with Crippen molar-refractivity contribution in [3.63, 3.8) is 0 Å². The van der Waals surface area contributed by atoms with Gasteiger partial charge in [-0.25, -0.2) is 9.18 Å². The first-order valence-electron chi connectivity index (χ1n) is 9.62. The fourth-order valence-corrected chi connectivity index (χ4v) is 3.53. The van der Waals surface area contributed by atoms with Crippen molar-refractivity contribution in [2.75, 3.05) is 6.54 Å². The molecule has 1 atom stereocenters. The molecule has 0 aliphatic rings. The maximum absolute atomic E-state index is 13.9. The van der Waals surface area contributed by atoms with Crippen LogP contribution in [-0.4, -0.2) is 38.5 Å². The van der Waals surface area contributed by atoms with Gasteiger partial charge in [0.2, 0.25) is 5.91 Å². The molecule has 8 nitrogen and oxygen atoms in total. The van der Waals surface area contributed by atoms with E-state index >= 15 is 0 Å². The van der Waals surface area contributed by atoms with Gasteiger partial charge in [0, 0.05) is 12.2 Å². The van der Waals surface area contributed by atoms with Gasteiger partial charge in [-0.2, -0.15) is 0 Å². The fraction of sp³-hybridized carbons (Fsp3) is 0.238. The minimum absolute atomic E-state index is 0.0249. The smallest absolute Gasteiger partial charge is 0.321 e. The number of hydrogen-bond acceptors (Lipinski definition) is 6. The molecule has 3 amide bonds. The van der Waals surface area contributed by atoms with Crippen molar-refractivity contribution < 1.29 is 18.7 Å². The van der Waals surface area contributed by atoms with E-state index in [1.165, 1.54) is 12.1 Å². The summed E-state index contributed by atoms with van der Waals surface area (Å²) in [5, 5.41) is 13.0. The normalized spacial score (nSPS) is 11.6. The summed E-state index contributed by atoms with van der Waals surface area (Å²) in [6.45, 7) is 3.81. The van der Waals surface area contributed by atoms with Crippen LogP contribution in [0.2, 0.25) is 0 Å². The topological polar surface area (TPSA) is 98.1 Å². The van der Waals surface area contributed by atoms with E-state index in [0.717, 1.165) is 17.4 Å². The molecule has 1 heterocycles. The second-order valence-corrected chi connectivity index (χ2v) is 7.71. The lowest BCUT2D eigenvalue weighted by Gasteiger charge is -2.14. The summed E-state index contributed by atoms with van der Waals surface area (Å²) in [4.78, 5) is 23.9. The van der Waals surface area contributed by atoms with E-state index in [4.69, 9.17) is 4.74 Å². The van der Waals surface area contributed by atoms with Crippen molar-refractivity contribution in [1.29, 1.82) is 0 Å². The summed E-state index contributed by atoms with van der Waals surface area (Å²) in [7, 11) is 0. The first kappa shape index (κ1) is 22.3. The zero-order chi connectivity index (χ0) is 22.2. The van der Waals surface area contributed by atoms with E-state index in [9.17, 15) is 14.0 Å². The summed E-state index contributed by atoms with van der Waals surface area (Å²) in [6, 6.07) is 14.9. The van der Waals surface area contributed by atoms with Gasteiger partial charge in [0.25, 0.3) is 0 Å². The van der Waals surface area contributed by atoms with E-state index < -0.39 is 23.0 Å². The molecule has 0 fully saturated rings. The highest BCUT2D eigenvalue weighted by Crippen LogP contribution is 2.26. The number of rotatable bonds is 8. The Bertz CT molecular complexity index is 1040. The molecular formula is C21H22FN5O3S. The van der Waals surface area contributed by atoms with Crippen molar-refractivity contribution in [3.8, 4) is 11.4 Å². The van der Waals surface area contributed by atoms with Crippen LogP contribution in [0.15, 0.2) is 59.8 Å². The monoisotopic (exact) mass is 443 g/mol. The Morgan fingerprint density at radius 2 is 1.84 bits per heavy atom. The van der Waals surface area contributed by atoms with Crippen molar-refractivity contribution in [3.05, 3.63) is 66.2 Å². The average Bonchev–Trinajstić information content (AvgIpc) is 3.16. The van der Waals surface area contributed by atoms with Crippen LogP contribution in [0.5, 0.6) is 5.75 Å². The Morgan fingerprint density at radius 3 is 2.55 bits per heavy atom. The van der Waals surface area contributed by atoms with E-state index in [1.54, 1.807) is 30.5 Å². The van der Waals surface area contributed by atoms with Gasteiger partial charge in [-0.15, -0.1) is 10.2 Å². The third kappa shape index (κ3) is 5.82. The number of ether oxygens (including phenoxy) is 1. The fourth-order valence-electron chi connectivity index (χ4n) is 2.64. The highest BCUT2D eigenvalue weighted by Gasteiger charge is 2.22. The molecule has 0 bridgehead atoms. The Labute approximate surface area is 183 Å². The minimum atomic E-state index is -0.616. The highest BCUT2D eigenvalue weighted by molar-refractivity contribution is 8.00. The first-order chi connectivity index (χ1) is 15.0. The molecule has 10 heteroatoms. The molecule has 0 aliphatic heterocycles. The third-order valence-electron chi connectivity index (χ3n) is 4.13. The van der Waals surface area contributed by atoms with Crippen LogP contribution in [-0.2, 0) is 11.4 Å². The zero-order valence-electron chi connectivity index (χ0n) is 17.0. The molecule has 0 aliphatic carbocycles. The van der Waals surface area contributed by atoms with E-state index in [0.29, 0.717) is 17.5 Å². The van der Waals surface area contributed by atoms with Crippen LogP contribution in [0.4, 0.5) is 9.18 Å². The van der Waals surface area contributed by atoms with Crippen LogP contribution in [0.3, 0.4) is 0 Å². The quantitative estimate of drug-likeness (QED) is 0.519. The van der Waals surface area contributed by atoms with Gasteiger partial charge in [-0.3, -0.25) is 14.7 Å². The number of benzene rings is 2. The summed E-state index contributed by atoms with van der Waals surface area (Å²) in [6.07, 6.45) is 0. The number of nitrogens with zero attached hydrogens (tertiary/aromatic N) is 3. The number of imide groups is 1. The van der Waals surface area contributed by atoms with E-state index in [2.05, 4.69) is 20.8 Å².